The first-order valence-electron chi connectivity index (χ1n) is 3.57. The van der Waals surface area contributed by atoms with E-state index in [9.17, 15) is 0 Å². The molecule has 0 nitrogen and oxygen atoms in total. The SMILES string of the molecule is ClB1CC1c1ccccc1. The van der Waals surface area contributed by atoms with E-state index in [2.05, 4.69) is 24.3 Å². The first kappa shape index (κ1) is 6.30. The molecule has 0 saturated carbocycles. The van der Waals surface area contributed by atoms with E-state index in [0.29, 0.717) is 11.9 Å². The molecule has 1 aromatic rings. The lowest BCUT2D eigenvalue weighted by Crippen LogP contribution is -1.81. The topological polar surface area (TPSA) is 0 Å². The Kier molecular flexibility index (Phi) is 1.46. The summed E-state index contributed by atoms with van der Waals surface area (Å²) in [6.07, 6.45) is 1.56. The third-order valence-electron chi connectivity index (χ3n) is 1.94. The van der Waals surface area contributed by atoms with Gasteiger partial charge in [0.2, 0.25) is 0 Å². The highest BCUT2D eigenvalue weighted by atomic mass is 35.5. The molecule has 0 radical (unpaired) electrons. The third kappa shape index (κ3) is 1.06. The largest absolute Gasteiger partial charge is 0.257 e. The predicted molar refractivity (Wildman–Crippen MR) is 45.6 cm³/mol. The Hall–Kier alpha value is -0.425. The number of benzene rings is 1. The van der Waals surface area contributed by atoms with Gasteiger partial charge < -0.3 is 0 Å². The molecule has 10 heavy (non-hydrogen) atoms. The van der Waals surface area contributed by atoms with Crippen LogP contribution in [0.25, 0.3) is 0 Å². The van der Waals surface area contributed by atoms with Gasteiger partial charge in [0.15, 0.2) is 0 Å². The van der Waals surface area contributed by atoms with Gasteiger partial charge in [-0.1, -0.05) is 42.2 Å². The maximum atomic E-state index is 5.89. The molecule has 0 spiro atoms. The van der Waals surface area contributed by atoms with E-state index in [0.717, 1.165) is 6.32 Å². The Morgan fingerprint density at radius 3 is 2.40 bits per heavy atom. The summed E-state index contributed by atoms with van der Waals surface area (Å²) in [5, 5.41) is 0. The Bertz CT molecular complexity index is 222. The normalized spacial score (nSPS) is 22.9. The van der Waals surface area contributed by atoms with E-state index < -0.39 is 0 Å². The summed E-state index contributed by atoms with van der Waals surface area (Å²) in [5.41, 5.74) is 1.39. The minimum absolute atomic E-state index is 0.405. The molecule has 50 valence electrons. The zero-order chi connectivity index (χ0) is 6.97. The molecule has 1 heterocycles. The summed E-state index contributed by atoms with van der Waals surface area (Å²) in [5.74, 6) is 0.642. The Balaban J connectivity index is 2.20. The van der Waals surface area contributed by atoms with Crippen molar-refractivity contribution < 1.29 is 0 Å². The minimum atomic E-state index is 0.405. The average Bonchev–Trinajstić information content (AvgIpc) is 2.69. The molecule has 1 aromatic carbocycles. The van der Waals surface area contributed by atoms with Gasteiger partial charge in [0.25, 0.3) is 6.13 Å². The summed E-state index contributed by atoms with van der Waals surface area (Å²) in [6.45, 7) is 0. The first-order chi connectivity index (χ1) is 4.88. The van der Waals surface area contributed by atoms with Gasteiger partial charge in [-0.2, -0.15) is 11.5 Å². The van der Waals surface area contributed by atoms with Crippen molar-refractivity contribution in [1.29, 1.82) is 0 Å². The van der Waals surface area contributed by atoms with Crippen molar-refractivity contribution in [2.75, 3.05) is 0 Å². The fraction of sp³-hybridized carbons (Fsp3) is 0.250. The summed E-state index contributed by atoms with van der Waals surface area (Å²) in [6, 6.07) is 10.5. The van der Waals surface area contributed by atoms with Crippen LogP contribution in [-0.4, -0.2) is 6.13 Å². The van der Waals surface area contributed by atoms with Crippen LogP contribution in [0.15, 0.2) is 30.3 Å². The van der Waals surface area contributed by atoms with Crippen molar-refractivity contribution in [2.24, 2.45) is 0 Å². The summed E-state index contributed by atoms with van der Waals surface area (Å²) in [4.78, 5) is 0. The molecular formula is C8H8BCl. The number of halogens is 1. The molecular weight excluding hydrogens is 142 g/mol. The first-order valence-corrected chi connectivity index (χ1v) is 4.00. The summed E-state index contributed by atoms with van der Waals surface area (Å²) < 4.78 is 0. The molecule has 2 heteroatoms. The summed E-state index contributed by atoms with van der Waals surface area (Å²) >= 11 is 5.89. The molecule has 1 fully saturated rings. The van der Waals surface area contributed by atoms with E-state index in [1.165, 1.54) is 5.56 Å². The molecule has 2 rings (SSSR count). The smallest absolute Gasteiger partial charge is 0.195 e. The van der Waals surface area contributed by atoms with Crippen LogP contribution in [0.1, 0.15) is 11.4 Å². The van der Waals surface area contributed by atoms with Crippen molar-refractivity contribution in [3.63, 3.8) is 0 Å². The van der Waals surface area contributed by atoms with Gasteiger partial charge in [-0.15, -0.1) is 0 Å². The molecule has 0 N–H and O–H groups in total. The number of hydrogen-bond acceptors (Lipinski definition) is 0. The second-order valence-corrected chi connectivity index (χ2v) is 3.33. The van der Waals surface area contributed by atoms with Crippen LogP contribution in [-0.2, 0) is 0 Å². The highest BCUT2D eigenvalue weighted by molar-refractivity contribution is 7.13. The van der Waals surface area contributed by atoms with Crippen LogP contribution in [0.5, 0.6) is 0 Å². The quantitative estimate of drug-likeness (QED) is 0.540. The predicted octanol–water partition coefficient (Wildman–Crippen LogP) is 2.55. The van der Waals surface area contributed by atoms with Gasteiger partial charge in [0.1, 0.15) is 0 Å². The molecule has 1 saturated heterocycles. The molecule has 0 aromatic heterocycles. The standard InChI is InChI=1S/C8H8BCl/c10-9-6-8(9)7-4-2-1-3-5-7/h1-5,8H,6H2. The van der Waals surface area contributed by atoms with Gasteiger partial charge in [0, 0.05) is 0 Å². The second kappa shape index (κ2) is 2.32. The minimum Gasteiger partial charge on any atom is -0.195 e. The van der Waals surface area contributed by atoms with Crippen molar-refractivity contribution >= 4 is 17.6 Å². The van der Waals surface area contributed by atoms with Crippen molar-refractivity contribution in [1.82, 2.24) is 0 Å². The average molecular weight is 150 g/mol. The zero-order valence-corrected chi connectivity index (χ0v) is 6.38. The van der Waals surface area contributed by atoms with E-state index in [-0.39, 0.29) is 0 Å². The highest BCUT2D eigenvalue weighted by Crippen LogP contribution is 2.42. The van der Waals surface area contributed by atoms with E-state index >= 15 is 0 Å². The van der Waals surface area contributed by atoms with Crippen molar-refractivity contribution in [2.45, 2.75) is 12.1 Å². The van der Waals surface area contributed by atoms with E-state index in [1.54, 1.807) is 0 Å². The monoisotopic (exact) mass is 150 g/mol. The lowest BCUT2D eigenvalue weighted by molar-refractivity contribution is 1.21. The van der Waals surface area contributed by atoms with Gasteiger partial charge in [-0.25, -0.2) is 0 Å². The molecule has 0 amide bonds. The molecule has 0 bridgehead atoms. The van der Waals surface area contributed by atoms with Gasteiger partial charge in [-0.05, 0) is 5.82 Å². The zero-order valence-electron chi connectivity index (χ0n) is 5.63. The lowest BCUT2D eigenvalue weighted by atomic mass is 9.94. The Morgan fingerprint density at radius 1 is 1.30 bits per heavy atom. The van der Waals surface area contributed by atoms with Crippen molar-refractivity contribution in [3.8, 4) is 0 Å². The maximum Gasteiger partial charge on any atom is 0.257 e. The highest BCUT2D eigenvalue weighted by Gasteiger charge is 2.40. The summed E-state index contributed by atoms with van der Waals surface area (Å²) in [7, 11) is 0. The third-order valence-corrected chi connectivity index (χ3v) is 2.42. The fourth-order valence-electron chi connectivity index (χ4n) is 1.21. The Morgan fingerprint density at radius 2 is 1.90 bits per heavy atom. The van der Waals surface area contributed by atoms with Gasteiger partial charge in [-0.3, -0.25) is 0 Å². The Labute approximate surface area is 66.2 Å². The van der Waals surface area contributed by atoms with Crippen LogP contribution in [0.3, 0.4) is 0 Å². The van der Waals surface area contributed by atoms with Gasteiger partial charge >= 0.3 is 0 Å². The molecule has 0 aliphatic carbocycles. The molecule has 1 unspecified atom stereocenters. The van der Waals surface area contributed by atoms with Crippen molar-refractivity contribution in [3.05, 3.63) is 35.9 Å². The van der Waals surface area contributed by atoms with Crippen LogP contribution < -0.4 is 0 Å². The van der Waals surface area contributed by atoms with Crippen LogP contribution in [0, 0.1) is 0 Å². The maximum absolute atomic E-state index is 5.89. The lowest BCUT2D eigenvalue weighted by Gasteiger charge is -1.93. The van der Waals surface area contributed by atoms with E-state index in [1.807, 2.05) is 6.07 Å². The van der Waals surface area contributed by atoms with Crippen LogP contribution >= 0.6 is 11.5 Å². The van der Waals surface area contributed by atoms with Gasteiger partial charge in [0.05, 0.1) is 0 Å². The number of rotatable bonds is 1. The van der Waals surface area contributed by atoms with Crippen LogP contribution in [0.4, 0.5) is 0 Å². The van der Waals surface area contributed by atoms with E-state index in [4.69, 9.17) is 11.5 Å². The van der Waals surface area contributed by atoms with Crippen LogP contribution in [0.2, 0.25) is 6.32 Å². The molecule has 1 aliphatic rings. The number of hydrogen-bond donors (Lipinski definition) is 0. The second-order valence-electron chi connectivity index (χ2n) is 2.77. The molecule has 1 atom stereocenters. The fourth-order valence-corrected chi connectivity index (χ4v) is 1.55. The molecule has 1 aliphatic heterocycles.